The van der Waals surface area contributed by atoms with Gasteiger partial charge in [0, 0.05) is 24.5 Å². The number of amides is 2. The molecule has 0 saturated carbocycles. The molecule has 0 radical (unpaired) electrons. The fraction of sp³-hybridized carbons (Fsp3) is 0.310. The van der Waals surface area contributed by atoms with E-state index in [-0.39, 0.29) is 25.0 Å². The molecule has 1 atom stereocenters. The zero-order valence-electron chi connectivity index (χ0n) is 20.7. The van der Waals surface area contributed by atoms with Crippen molar-refractivity contribution in [2.75, 3.05) is 13.2 Å². The molecule has 0 heterocycles. The van der Waals surface area contributed by atoms with Gasteiger partial charge < -0.3 is 15.0 Å². The molecule has 0 aliphatic heterocycles. The minimum absolute atomic E-state index is 0.184. The monoisotopic (exact) mass is 570 g/mol. The zero-order valence-corrected chi connectivity index (χ0v) is 23.0. The Hall–Kier alpha value is -2.83. The number of carbonyl (C=O) groups is 2. The molecule has 0 saturated heterocycles. The van der Waals surface area contributed by atoms with Crippen LogP contribution in [0, 0.1) is 0 Å². The molecule has 0 aliphatic rings. The van der Waals surface area contributed by atoms with E-state index >= 15 is 0 Å². The smallest absolute Gasteiger partial charge is 0.261 e. The van der Waals surface area contributed by atoms with Crippen molar-refractivity contribution < 1.29 is 14.3 Å². The summed E-state index contributed by atoms with van der Waals surface area (Å²) >= 11 is 9.61. The molecule has 7 heteroatoms. The Morgan fingerprint density at radius 1 is 0.972 bits per heavy atom. The van der Waals surface area contributed by atoms with Gasteiger partial charge in [0.25, 0.3) is 5.91 Å². The molecule has 3 aromatic carbocycles. The van der Waals surface area contributed by atoms with E-state index in [1.54, 1.807) is 17.0 Å². The molecule has 36 heavy (non-hydrogen) atoms. The number of ether oxygens (including phenoxy) is 1. The van der Waals surface area contributed by atoms with Crippen LogP contribution in [0.4, 0.5) is 0 Å². The van der Waals surface area contributed by atoms with E-state index in [9.17, 15) is 9.59 Å². The molecule has 190 valence electrons. The van der Waals surface area contributed by atoms with E-state index in [1.165, 1.54) is 5.56 Å². The van der Waals surface area contributed by atoms with Gasteiger partial charge in [-0.2, -0.15) is 0 Å². The third-order valence-electron chi connectivity index (χ3n) is 5.84. The Morgan fingerprint density at radius 3 is 2.31 bits per heavy atom. The normalized spacial score (nSPS) is 11.6. The molecule has 5 nitrogen and oxygen atoms in total. The molecule has 0 bridgehead atoms. The molecule has 0 unspecified atom stereocenters. The van der Waals surface area contributed by atoms with Crippen molar-refractivity contribution in [3.8, 4) is 5.75 Å². The first-order chi connectivity index (χ1) is 17.4. The molecule has 0 fully saturated rings. The highest BCUT2D eigenvalue weighted by Crippen LogP contribution is 2.26. The number of nitrogens with zero attached hydrogens (tertiary/aromatic N) is 1. The number of rotatable bonds is 12. The predicted molar refractivity (Wildman–Crippen MR) is 148 cm³/mol. The van der Waals surface area contributed by atoms with E-state index in [0.29, 0.717) is 23.7 Å². The lowest BCUT2D eigenvalue weighted by molar-refractivity contribution is -0.142. The van der Waals surface area contributed by atoms with E-state index in [0.717, 1.165) is 28.4 Å². The molecule has 2 amide bonds. The molecule has 3 rings (SSSR count). The standard InChI is InChI=1S/C29H32BrClN2O3/c1-3-16-32-29(35)26(18-22-8-6-5-7-9-22)33(19-23-10-13-24(31)14-11-23)28(34)20-36-27-15-12-21(4-2)17-25(27)30/h5-15,17,26H,3-4,16,18-20H2,1-2H3,(H,32,35)/t26-/m1/s1. The van der Waals surface area contributed by atoms with Crippen LogP contribution in [0.25, 0.3) is 0 Å². The van der Waals surface area contributed by atoms with E-state index in [2.05, 4.69) is 28.2 Å². The average Bonchev–Trinajstić information content (AvgIpc) is 2.90. The van der Waals surface area contributed by atoms with Crippen molar-refractivity contribution in [1.29, 1.82) is 0 Å². The summed E-state index contributed by atoms with van der Waals surface area (Å²) in [6.45, 7) is 4.69. The van der Waals surface area contributed by atoms with Crippen LogP contribution >= 0.6 is 27.5 Å². The minimum atomic E-state index is -0.698. The lowest BCUT2D eigenvalue weighted by atomic mass is 10.0. The summed E-state index contributed by atoms with van der Waals surface area (Å²) in [5, 5.41) is 3.59. The molecular formula is C29H32BrClN2O3. The fourth-order valence-electron chi connectivity index (χ4n) is 3.81. The fourth-order valence-corrected chi connectivity index (χ4v) is 4.48. The van der Waals surface area contributed by atoms with Gasteiger partial charge in [-0.05, 0) is 69.7 Å². The van der Waals surface area contributed by atoms with Gasteiger partial charge in [-0.1, -0.05) is 74.0 Å². The number of nitrogens with one attached hydrogen (secondary N) is 1. The van der Waals surface area contributed by atoms with Crippen LogP contribution in [-0.4, -0.2) is 35.9 Å². The summed E-state index contributed by atoms with van der Waals surface area (Å²) in [5.74, 6) is 0.127. The predicted octanol–water partition coefficient (Wildman–Crippen LogP) is 6.21. The Bertz CT molecular complexity index is 1140. The van der Waals surface area contributed by atoms with Crippen LogP contribution in [0.1, 0.15) is 37.0 Å². The van der Waals surface area contributed by atoms with Crippen molar-refractivity contribution >= 4 is 39.3 Å². The minimum Gasteiger partial charge on any atom is -0.483 e. The second-order valence-corrected chi connectivity index (χ2v) is 9.84. The highest BCUT2D eigenvalue weighted by molar-refractivity contribution is 9.10. The second-order valence-electron chi connectivity index (χ2n) is 8.55. The number of benzene rings is 3. The van der Waals surface area contributed by atoms with Crippen molar-refractivity contribution in [2.45, 2.75) is 45.7 Å². The summed E-state index contributed by atoms with van der Waals surface area (Å²) in [7, 11) is 0. The van der Waals surface area contributed by atoms with Gasteiger partial charge in [0.05, 0.1) is 4.47 Å². The third-order valence-corrected chi connectivity index (χ3v) is 6.71. The first-order valence-electron chi connectivity index (χ1n) is 12.2. The highest BCUT2D eigenvalue weighted by Gasteiger charge is 2.30. The first-order valence-corrected chi connectivity index (χ1v) is 13.3. The van der Waals surface area contributed by atoms with Crippen molar-refractivity contribution in [2.24, 2.45) is 0 Å². The summed E-state index contributed by atoms with van der Waals surface area (Å²) in [6.07, 6.45) is 2.10. The van der Waals surface area contributed by atoms with E-state index < -0.39 is 6.04 Å². The Labute approximate surface area is 226 Å². The summed E-state index contributed by atoms with van der Waals surface area (Å²) in [6, 6.07) is 22.2. The van der Waals surface area contributed by atoms with Gasteiger partial charge in [-0.15, -0.1) is 0 Å². The van der Waals surface area contributed by atoms with E-state index in [1.807, 2.05) is 67.6 Å². The van der Waals surface area contributed by atoms with Gasteiger partial charge in [0.2, 0.25) is 5.91 Å². The summed E-state index contributed by atoms with van der Waals surface area (Å²) in [4.78, 5) is 28.5. The van der Waals surface area contributed by atoms with Crippen LogP contribution in [-0.2, 0) is 29.0 Å². The first kappa shape index (κ1) is 27.8. The SMILES string of the molecule is CCCNC(=O)[C@@H](Cc1ccccc1)N(Cc1ccc(Cl)cc1)C(=O)COc1ccc(CC)cc1Br. The van der Waals surface area contributed by atoms with Gasteiger partial charge in [-0.3, -0.25) is 9.59 Å². The molecular weight excluding hydrogens is 540 g/mol. The van der Waals surface area contributed by atoms with Crippen molar-refractivity contribution in [3.05, 3.63) is 99.0 Å². The van der Waals surface area contributed by atoms with Gasteiger partial charge in [-0.25, -0.2) is 0 Å². The third kappa shape index (κ3) is 8.10. The van der Waals surface area contributed by atoms with Crippen LogP contribution in [0.15, 0.2) is 77.3 Å². The van der Waals surface area contributed by atoms with Gasteiger partial charge in [0.1, 0.15) is 11.8 Å². The Morgan fingerprint density at radius 2 is 1.67 bits per heavy atom. The Balaban J connectivity index is 1.88. The number of hydrogen-bond donors (Lipinski definition) is 1. The maximum atomic E-state index is 13.6. The van der Waals surface area contributed by atoms with E-state index in [4.69, 9.17) is 16.3 Å². The largest absolute Gasteiger partial charge is 0.483 e. The topological polar surface area (TPSA) is 58.6 Å². The van der Waals surface area contributed by atoms with Crippen molar-refractivity contribution in [1.82, 2.24) is 10.2 Å². The van der Waals surface area contributed by atoms with Gasteiger partial charge >= 0.3 is 0 Å². The summed E-state index contributed by atoms with van der Waals surface area (Å²) in [5.41, 5.74) is 3.02. The maximum absolute atomic E-state index is 13.6. The van der Waals surface area contributed by atoms with Crippen LogP contribution in [0.3, 0.4) is 0 Å². The van der Waals surface area contributed by atoms with Crippen LogP contribution in [0.5, 0.6) is 5.75 Å². The molecule has 0 spiro atoms. The molecule has 1 N–H and O–H groups in total. The number of carbonyl (C=O) groups excluding carboxylic acids is 2. The number of halogens is 2. The highest BCUT2D eigenvalue weighted by atomic mass is 79.9. The quantitative estimate of drug-likeness (QED) is 0.281. The maximum Gasteiger partial charge on any atom is 0.261 e. The zero-order chi connectivity index (χ0) is 25.9. The molecule has 3 aromatic rings. The lowest BCUT2D eigenvalue weighted by Crippen LogP contribution is -2.51. The van der Waals surface area contributed by atoms with Crippen LogP contribution < -0.4 is 10.1 Å². The summed E-state index contributed by atoms with van der Waals surface area (Å²) < 4.78 is 6.70. The van der Waals surface area contributed by atoms with Crippen LogP contribution in [0.2, 0.25) is 5.02 Å². The Kier molecular flexibility index (Phi) is 10.8. The van der Waals surface area contributed by atoms with Gasteiger partial charge in [0.15, 0.2) is 6.61 Å². The molecule has 0 aromatic heterocycles. The second kappa shape index (κ2) is 14.0. The van der Waals surface area contributed by atoms with Crippen molar-refractivity contribution in [3.63, 3.8) is 0 Å². The number of aryl methyl sites for hydroxylation is 1. The average molecular weight is 572 g/mol. The molecule has 0 aliphatic carbocycles. The lowest BCUT2D eigenvalue weighted by Gasteiger charge is -2.31. The number of hydrogen-bond acceptors (Lipinski definition) is 3.